The summed E-state index contributed by atoms with van der Waals surface area (Å²) in [6.07, 6.45) is -4.32. The number of rotatable bonds is 4. The molecule has 3 rings (SSSR count). The lowest BCUT2D eigenvalue weighted by Crippen LogP contribution is -2.37. The Balaban J connectivity index is 1.92. The summed E-state index contributed by atoms with van der Waals surface area (Å²) in [6, 6.07) is 10.6. The number of benzene rings is 2. The van der Waals surface area contributed by atoms with Gasteiger partial charge in [0.2, 0.25) is 0 Å². The molecule has 1 aliphatic heterocycles. The Morgan fingerprint density at radius 3 is 2.57 bits per heavy atom. The largest absolute Gasteiger partial charge is 0.418 e. The van der Waals surface area contributed by atoms with E-state index < -0.39 is 23.3 Å². The number of aliphatic hydroxyl groups is 1. The summed E-state index contributed by atoms with van der Waals surface area (Å²) < 4.78 is 40.6. The third-order valence-electron chi connectivity index (χ3n) is 4.87. The predicted molar refractivity (Wildman–Crippen MR) is 103 cm³/mol. The molecule has 1 heterocycles. The summed E-state index contributed by atoms with van der Waals surface area (Å²) in [7, 11) is 1.39. The van der Waals surface area contributed by atoms with E-state index in [0.29, 0.717) is 12.1 Å². The van der Waals surface area contributed by atoms with Crippen LogP contribution < -0.4 is 0 Å². The molecule has 1 saturated heterocycles. The number of aliphatic hydroxyl groups excluding tert-OH is 1. The minimum absolute atomic E-state index is 0.135. The van der Waals surface area contributed by atoms with Gasteiger partial charge in [0.05, 0.1) is 42.1 Å². The number of hydrogen-bond acceptors (Lipinski definition) is 5. The molecule has 0 saturated carbocycles. The number of nitrogens with zero attached hydrogens (tertiary/aromatic N) is 3. The Morgan fingerprint density at radius 1 is 1.30 bits per heavy atom. The van der Waals surface area contributed by atoms with Crippen LogP contribution in [0.25, 0.3) is 11.1 Å². The summed E-state index contributed by atoms with van der Waals surface area (Å²) in [4.78, 5) is 19.0. The molecule has 0 aliphatic carbocycles. The third-order valence-corrected chi connectivity index (χ3v) is 4.87. The van der Waals surface area contributed by atoms with Gasteiger partial charge in [0.1, 0.15) is 7.11 Å². The van der Waals surface area contributed by atoms with Crippen LogP contribution in [-0.2, 0) is 11.0 Å². The standard InChI is InChI=1S/C21H18F3N3O3/c1-30-26-16-9-17(12-28)27(11-16)20(29)14-7-5-13(6-8-14)18-4-2-3-15(10-25)19(18)21(22,23)24/h2-8,17,28H,9,11-12H2,1H3. The first-order valence-electron chi connectivity index (χ1n) is 9.01. The lowest BCUT2D eigenvalue weighted by molar-refractivity contribution is -0.137. The van der Waals surface area contributed by atoms with Gasteiger partial charge >= 0.3 is 6.18 Å². The summed E-state index contributed by atoms with van der Waals surface area (Å²) in [5.41, 5.74) is -0.493. The Morgan fingerprint density at radius 2 is 2.00 bits per heavy atom. The molecular formula is C21H18F3N3O3. The van der Waals surface area contributed by atoms with E-state index in [1.807, 2.05) is 0 Å². The predicted octanol–water partition coefficient (Wildman–Crippen LogP) is 3.45. The van der Waals surface area contributed by atoms with Gasteiger partial charge in [0.15, 0.2) is 0 Å². The molecule has 0 spiro atoms. The summed E-state index contributed by atoms with van der Waals surface area (Å²) >= 11 is 0. The monoisotopic (exact) mass is 417 g/mol. The highest BCUT2D eigenvalue weighted by Crippen LogP contribution is 2.39. The Bertz CT molecular complexity index is 1010. The Hall–Kier alpha value is -3.38. The molecule has 0 radical (unpaired) electrons. The van der Waals surface area contributed by atoms with Crippen molar-refractivity contribution >= 4 is 11.6 Å². The van der Waals surface area contributed by atoms with Gasteiger partial charge < -0.3 is 14.8 Å². The number of oxime groups is 1. The maximum atomic E-state index is 13.5. The third kappa shape index (κ3) is 4.14. The van der Waals surface area contributed by atoms with Crippen molar-refractivity contribution in [1.29, 1.82) is 5.26 Å². The molecule has 6 nitrogen and oxygen atoms in total. The molecular weight excluding hydrogens is 399 g/mol. The van der Waals surface area contributed by atoms with E-state index in [2.05, 4.69) is 5.16 Å². The van der Waals surface area contributed by atoms with Crippen LogP contribution in [0.3, 0.4) is 0 Å². The number of halogens is 3. The molecule has 2 aromatic carbocycles. The van der Waals surface area contributed by atoms with Crippen LogP contribution in [0, 0.1) is 11.3 Å². The second-order valence-corrected chi connectivity index (χ2v) is 6.73. The number of amides is 1. The highest BCUT2D eigenvalue weighted by Gasteiger charge is 2.37. The maximum Gasteiger partial charge on any atom is 0.418 e. The highest BCUT2D eigenvalue weighted by molar-refractivity contribution is 6.00. The van der Waals surface area contributed by atoms with Crippen LogP contribution >= 0.6 is 0 Å². The van der Waals surface area contributed by atoms with Gasteiger partial charge in [0, 0.05) is 12.0 Å². The number of nitriles is 1. The minimum Gasteiger partial charge on any atom is -0.399 e. The molecule has 1 amide bonds. The molecule has 1 aliphatic rings. The molecule has 0 bridgehead atoms. The van der Waals surface area contributed by atoms with E-state index in [0.717, 1.165) is 6.07 Å². The van der Waals surface area contributed by atoms with Crippen molar-refractivity contribution in [2.24, 2.45) is 5.16 Å². The number of carbonyl (C=O) groups excluding carboxylic acids is 1. The Kier molecular flexibility index (Phi) is 6.08. The molecule has 30 heavy (non-hydrogen) atoms. The van der Waals surface area contributed by atoms with Crippen molar-refractivity contribution in [1.82, 2.24) is 4.90 Å². The topological polar surface area (TPSA) is 85.9 Å². The first kappa shape index (κ1) is 21.3. The van der Waals surface area contributed by atoms with E-state index >= 15 is 0 Å². The molecule has 1 fully saturated rings. The van der Waals surface area contributed by atoms with Gasteiger partial charge in [-0.3, -0.25) is 4.79 Å². The molecule has 2 aromatic rings. The summed E-state index contributed by atoms with van der Waals surface area (Å²) in [6.45, 7) is -0.0511. The smallest absolute Gasteiger partial charge is 0.399 e. The van der Waals surface area contributed by atoms with Crippen molar-refractivity contribution in [3.05, 3.63) is 59.2 Å². The highest BCUT2D eigenvalue weighted by atomic mass is 19.4. The van der Waals surface area contributed by atoms with Gasteiger partial charge in [-0.2, -0.15) is 18.4 Å². The fraction of sp³-hybridized carbons (Fsp3) is 0.286. The van der Waals surface area contributed by atoms with Crippen molar-refractivity contribution < 1.29 is 27.9 Å². The average molecular weight is 417 g/mol. The van der Waals surface area contributed by atoms with Crippen LogP contribution in [0.2, 0.25) is 0 Å². The van der Waals surface area contributed by atoms with Crippen LogP contribution in [0.4, 0.5) is 13.2 Å². The first-order valence-corrected chi connectivity index (χ1v) is 9.01. The summed E-state index contributed by atoms with van der Waals surface area (Å²) in [5.74, 6) is -0.372. The fourth-order valence-corrected chi connectivity index (χ4v) is 3.52. The first-order chi connectivity index (χ1) is 14.3. The van der Waals surface area contributed by atoms with Crippen molar-refractivity contribution in [3.63, 3.8) is 0 Å². The van der Waals surface area contributed by atoms with Crippen LogP contribution in [0.1, 0.15) is 27.9 Å². The molecule has 1 unspecified atom stereocenters. The van der Waals surface area contributed by atoms with Crippen molar-refractivity contribution in [2.75, 3.05) is 20.3 Å². The van der Waals surface area contributed by atoms with E-state index in [-0.39, 0.29) is 35.7 Å². The SMILES string of the molecule is CON=C1CC(CO)N(C(=O)c2ccc(-c3cccc(C#N)c3C(F)(F)F)cc2)C1. The van der Waals surface area contributed by atoms with Crippen molar-refractivity contribution in [3.8, 4) is 17.2 Å². The zero-order valence-corrected chi connectivity index (χ0v) is 16.0. The van der Waals surface area contributed by atoms with Crippen LogP contribution in [0.15, 0.2) is 47.6 Å². The molecule has 1 atom stereocenters. The number of alkyl halides is 3. The van der Waals surface area contributed by atoms with Gasteiger partial charge in [-0.1, -0.05) is 29.4 Å². The zero-order valence-electron chi connectivity index (χ0n) is 16.0. The van der Waals surface area contributed by atoms with Gasteiger partial charge in [-0.05, 0) is 29.3 Å². The van der Waals surface area contributed by atoms with E-state index in [1.54, 1.807) is 6.07 Å². The van der Waals surface area contributed by atoms with Crippen LogP contribution in [-0.4, -0.2) is 47.9 Å². The van der Waals surface area contributed by atoms with Gasteiger partial charge in [-0.25, -0.2) is 0 Å². The minimum atomic E-state index is -4.70. The van der Waals surface area contributed by atoms with E-state index in [4.69, 9.17) is 10.1 Å². The second-order valence-electron chi connectivity index (χ2n) is 6.73. The lowest BCUT2D eigenvalue weighted by Gasteiger charge is -2.22. The summed E-state index contributed by atoms with van der Waals surface area (Å²) in [5, 5.41) is 22.4. The van der Waals surface area contributed by atoms with E-state index in [9.17, 15) is 23.1 Å². The lowest BCUT2D eigenvalue weighted by atomic mass is 9.94. The maximum absolute atomic E-state index is 13.5. The molecule has 0 aromatic heterocycles. The van der Waals surface area contributed by atoms with Gasteiger partial charge in [0.25, 0.3) is 5.91 Å². The molecule has 156 valence electrons. The average Bonchev–Trinajstić information content (AvgIpc) is 3.15. The van der Waals surface area contributed by atoms with Gasteiger partial charge in [-0.15, -0.1) is 0 Å². The normalized spacial score (nSPS) is 17.8. The fourth-order valence-electron chi connectivity index (χ4n) is 3.52. The molecule has 1 N–H and O–H groups in total. The number of likely N-dealkylation sites (tertiary alicyclic amines) is 1. The second kappa shape index (κ2) is 8.55. The molecule has 9 heteroatoms. The van der Waals surface area contributed by atoms with E-state index in [1.165, 1.54) is 48.4 Å². The zero-order chi connectivity index (χ0) is 21.9. The quantitative estimate of drug-likeness (QED) is 0.772. The number of carbonyl (C=O) groups is 1. The van der Waals surface area contributed by atoms with Crippen LogP contribution in [0.5, 0.6) is 0 Å². The Labute approximate surface area is 170 Å². The number of hydrogen-bond donors (Lipinski definition) is 1. The van der Waals surface area contributed by atoms with Crippen molar-refractivity contribution in [2.45, 2.75) is 18.6 Å².